The molecule has 1 aliphatic rings. The van der Waals surface area contributed by atoms with Crippen LogP contribution in [-0.4, -0.2) is 25.7 Å². The highest BCUT2D eigenvalue weighted by molar-refractivity contribution is 5.86. The minimum atomic E-state index is -0.100. The minimum absolute atomic E-state index is 0.100. The number of rotatable bonds is 3. The van der Waals surface area contributed by atoms with Crippen LogP contribution in [0, 0.1) is 5.92 Å². The van der Waals surface area contributed by atoms with Crippen molar-refractivity contribution < 1.29 is 9.53 Å². The van der Waals surface area contributed by atoms with Gasteiger partial charge in [0, 0.05) is 19.1 Å². The molecule has 1 N–H and O–H groups in total. The maximum absolute atomic E-state index is 10.7. The van der Waals surface area contributed by atoms with Crippen LogP contribution in [0.25, 0.3) is 0 Å². The Hall–Kier alpha value is -0.830. The minimum Gasteiger partial charge on any atom is -0.381 e. The second-order valence-corrected chi connectivity index (χ2v) is 2.68. The molecule has 1 aliphatic heterocycles. The first-order valence-electron chi connectivity index (χ1n) is 3.81. The predicted octanol–water partition coefficient (Wildman–Crippen LogP) is 0.325. The van der Waals surface area contributed by atoms with E-state index in [0.717, 1.165) is 19.6 Å². The first-order chi connectivity index (χ1) is 5.33. The summed E-state index contributed by atoms with van der Waals surface area (Å²) in [5, 5.41) is 2.74. The number of ether oxygens (including phenoxy) is 1. The van der Waals surface area contributed by atoms with E-state index < -0.39 is 0 Å². The topological polar surface area (TPSA) is 38.3 Å². The quantitative estimate of drug-likeness (QED) is 0.596. The third-order valence-corrected chi connectivity index (χ3v) is 1.77. The Morgan fingerprint density at radius 3 is 3.18 bits per heavy atom. The van der Waals surface area contributed by atoms with E-state index in [0.29, 0.717) is 12.5 Å². The van der Waals surface area contributed by atoms with Crippen molar-refractivity contribution in [3.8, 4) is 0 Å². The highest BCUT2D eigenvalue weighted by Gasteiger charge is 2.15. The van der Waals surface area contributed by atoms with Crippen LogP contribution in [0.5, 0.6) is 0 Å². The molecule has 62 valence electrons. The molecule has 0 aromatic rings. The average molecular weight is 155 g/mol. The second-order valence-electron chi connectivity index (χ2n) is 2.68. The molecule has 0 bridgehead atoms. The monoisotopic (exact) mass is 155 g/mol. The summed E-state index contributed by atoms with van der Waals surface area (Å²) in [5.74, 6) is 0.399. The zero-order chi connectivity index (χ0) is 8.10. The van der Waals surface area contributed by atoms with Crippen molar-refractivity contribution in [1.82, 2.24) is 5.32 Å². The van der Waals surface area contributed by atoms with Crippen molar-refractivity contribution in [1.29, 1.82) is 0 Å². The number of hydrogen-bond acceptors (Lipinski definition) is 2. The Morgan fingerprint density at radius 2 is 2.64 bits per heavy atom. The number of carbonyl (C=O) groups excluding carboxylic acids is 1. The molecule has 0 aliphatic carbocycles. The first kappa shape index (κ1) is 8.27. The average Bonchev–Trinajstić information content (AvgIpc) is 2.52. The fourth-order valence-corrected chi connectivity index (χ4v) is 1.06. The number of hydrogen-bond donors (Lipinski definition) is 1. The summed E-state index contributed by atoms with van der Waals surface area (Å²) in [6.45, 7) is 5.68. The van der Waals surface area contributed by atoms with Gasteiger partial charge in [0.15, 0.2) is 0 Å². The number of nitrogens with one attached hydrogen (secondary N) is 1. The highest BCUT2D eigenvalue weighted by atomic mass is 16.5. The van der Waals surface area contributed by atoms with Crippen LogP contribution in [-0.2, 0) is 9.53 Å². The fraction of sp³-hybridized carbons (Fsp3) is 0.625. The molecular formula is C8H13NO2. The molecule has 1 amide bonds. The molecule has 11 heavy (non-hydrogen) atoms. The van der Waals surface area contributed by atoms with Gasteiger partial charge in [0.1, 0.15) is 0 Å². The van der Waals surface area contributed by atoms with Crippen molar-refractivity contribution in [2.24, 2.45) is 5.92 Å². The summed E-state index contributed by atoms with van der Waals surface area (Å²) >= 11 is 0. The Kier molecular flexibility index (Phi) is 3.11. The van der Waals surface area contributed by atoms with Crippen molar-refractivity contribution in [3.05, 3.63) is 12.7 Å². The van der Waals surface area contributed by atoms with Gasteiger partial charge in [0.25, 0.3) is 0 Å². The van der Waals surface area contributed by atoms with E-state index in [1.807, 2.05) is 0 Å². The van der Waals surface area contributed by atoms with Gasteiger partial charge in [0.2, 0.25) is 5.91 Å². The molecule has 0 aromatic heterocycles. The predicted molar refractivity (Wildman–Crippen MR) is 42.1 cm³/mol. The molecule has 0 aromatic carbocycles. The molecule has 0 saturated carbocycles. The van der Waals surface area contributed by atoms with Gasteiger partial charge in [-0.1, -0.05) is 6.58 Å². The van der Waals surface area contributed by atoms with Crippen LogP contribution in [0.1, 0.15) is 6.42 Å². The van der Waals surface area contributed by atoms with E-state index in [1.54, 1.807) is 0 Å². The van der Waals surface area contributed by atoms with Crippen LogP contribution in [0.15, 0.2) is 12.7 Å². The van der Waals surface area contributed by atoms with Gasteiger partial charge in [-0.05, 0) is 12.5 Å². The lowest BCUT2D eigenvalue weighted by atomic mass is 10.1. The molecule has 3 heteroatoms. The van der Waals surface area contributed by atoms with Crippen LogP contribution in [0.2, 0.25) is 0 Å². The van der Waals surface area contributed by atoms with E-state index in [2.05, 4.69) is 11.9 Å². The van der Waals surface area contributed by atoms with Crippen molar-refractivity contribution >= 4 is 5.91 Å². The molecule has 3 nitrogen and oxygen atoms in total. The molecule has 0 spiro atoms. The van der Waals surface area contributed by atoms with Crippen molar-refractivity contribution in [3.63, 3.8) is 0 Å². The smallest absolute Gasteiger partial charge is 0.243 e. The standard InChI is InChI=1S/C8H13NO2/c1-2-8(10)9-5-7-3-4-11-6-7/h2,7H,1,3-6H2,(H,9,10). The zero-order valence-electron chi connectivity index (χ0n) is 6.51. The lowest BCUT2D eigenvalue weighted by Gasteiger charge is -2.06. The summed E-state index contributed by atoms with van der Waals surface area (Å²) in [4.78, 5) is 10.7. The third-order valence-electron chi connectivity index (χ3n) is 1.77. The SMILES string of the molecule is C=CC(=O)NCC1CCOC1. The van der Waals surface area contributed by atoms with Gasteiger partial charge in [-0.25, -0.2) is 0 Å². The van der Waals surface area contributed by atoms with Crippen LogP contribution in [0.4, 0.5) is 0 Å². The second kappa shape index (κ2) is 4.13. The van der Waals surface area contributed by atoms with E-state index in [9.17, 15) is 4.79 Å². The van der Waals surface area contributed by atoms with E-state index >= 15 is 0 Å². The molecule has 1 heterocycles. The van der Waals surface area contributed by atoms with Gasteiger partial charge in [-0.2, -0.15) is 0 Å². The van der Waals surface area contributed by atoms with Gasteiger partial charge >= 0.3 is 0 Å². The van der Waals surface area contributed by atoms with E-state index in [-0.39, 0.29) is 5.91 Å². The summed E-state index contributed by atoms with van der Waals surface area (Å²) in [6.07, 6.45) is 2.34. The number of amides is 1. The highest BCUT2D eigenvalue weighted by Crippen LogP contribution is 2.10. The first-order valence-corrected chi connectivity index (χ1v) is 3.81. The van der Waals surface area contributed by atoms with Gasteiger partial charge in [0.05, 0.1) is 6.61 Å². The van der Waals surface area contributed by atoms with Crippen LogP contribution in [0.3, 0.4) is 0 Å². The van der Waals surface area contributed by atoms with Gasteiger partial charge in [-0.15, -0.1) is 0 Å². The Labute approximate surface area is 66.4 Å². The Balaban J connectivity index is 2.10. The maximum atomic E-state index is 10.7. The van der Waals surface area contributed by atoms with Crippen molar-refractivity contribution in [2.45, 2.75) is 6.42 Å². The largest absolute Gasteiger partial charge is 0.381 e. The normalized spacial score (nSPS) is 23.1. The molecule has 1 saturated heterocycles. The summed E-state index contributed by atoms with van der Waals surface area (Å²) in [7, 11) is 0. The lowest BCUT2D eigenvalue weighted by molar-refractivity contribution is -0.116. The molecule has 1 fully saturated rings. The lowest BCUT2D eigenvalue weighted by Crippen LogP contribution is -2.27. The molecular weight excluding hydrogens is 142 g/mol. The molecule has 1 atom stereocenters. The van der Waals surface area contributed by atoms with E-state index in [4.69, 9.17) is 4.74 Å². The van der Waals surface area contributed by atoms with Crippen LogP contribution >= 0.6 is 0 Å². The molecule has 1 unspecified atom stereocenters. The fourth-order valence-electron chi connectivity index (χ4n) is 1.06. The Morgan fingerprint density at radius 1 is 1.82 bits per heavy atom. The Bertz CT molecular complexity index is 150. The van der Waals surface area contributed by atoms with Crippen molar-refractivity contribution in [2.75, 3.05) is 19.8 Å². The summed E-state index contributed by atoms with van der Waals surface area (Å²) in [5.41, 5.74) is 0. The molecule has 1 rings (SSSR count). The number of carbonyl (C=O) groups is 1. The third kappa shape index (κ3) is 2.72. The zero-order valence-corrected chi connectivity index (χ0v) is 6.51. The molecule has 0 radical (unpaired) electrons. The van der Waals surface area contributed by atoms with Gasteiger partial charge < -0.3 is 10.1 Å². The maximum Gasteiger partial charge on any atom is 0.243 e. The van der Waals surface area contributed by atoms with E-state index in [1.165, 1.54) is 6.08 Å². The van der Waals surface area contributed by atoms with Crippen LogP contribution < -0.4 is 5.32 Å². The summed E-state index contributed by atoms with van der Waals surface area (Å²) in [6, 6.07) is 0. The summed E-state index contributed by atoms with van der Waals surface area (Å²) < 4.78 is 5.15. The van der Waals surface area contributed by atoms with Gasteiger partial charge in [-0.3, -0.25) is 4.79 Å².